The zero-order valence-electron chi connectivity index (χ0n) is 23.6. The van der Waals surface area contributed by atoms with Crippen LogP contribution in [0.5, 0.6) is 5.75 Å². The number of nitrogens with zero attached hydrogens (tertiary/aromatic N) is 3. The van der Waals surface area contributed by atoms with Crippen LogP contribution in [0.3, 0.4) is 0 Å². The maximum absolute atomic E-state index is 13.4. The number of hydrogen-bond donors (Lipinski definition) is 0. The molecule has 1 aliphatic heterocycles. The third kappa shape index (κ3) is 5.19. The van der Waals surface area contributed by atoms with Crippen molar-refractivity contribution in [2.45, 2.75) is 71.9 Å². The first kappa shape index (κ1) is 25.7. The average Bonchev–Trinajstić information content (AvgIpc) is 3.50. The van der Waals surface area contributed by atoms with Crippen LogP contribution in [-0.2, 0) is 13.0 Å². The maximum atomic E-state index is 13.4. The molecule has 5 heteroatoms. The van der Waals surface area contributed by atoms with Crippen LogP contribution in [-0.4, -0.2) is 22.8 Å². The van der Waals surface area contributed by atoms with Crippen molar-refractivity contribution in [2.75, 3.05) is 12.0 Å². The van der Waals surface area contributed by atoms with Crippen molar-refractivity contribution in [1.29, 1.82) is 0 Å². The normalized spacial score (nSPS) is 19.2. The molecule has 1 saturated carbocycles. The van der Waals surface area contributed by atoms with Gasteiger partial charge in [-0.05, 0) is 89.8 Å². The van der Waals surface area contributed by atoms with Crippen LogP contribution in [0.1, 0.15) is 86.0 Å². The van der Waals surface area contributed by atoms with E-state index >= 15 is 0 Å². The fraction of sp³-hybridized carbons (Fsp3) is 0.412. The smallest absolute Gasteiger partial charge is 0.259 e. The molecule has 202 valence electrons. The molecular weight excluding hydrogens is 482 g/mol. The van der Waals surface area contributed by atoms with Crippen LogP contribution >= 0.6 is 0 Å². The summed E-state index contributed by atoms with van der Waals surface area (Å²) in [4.78, 5) is 15.3. The third-order valence-electron chi connectivity index (χ3n) is 8.52. The van der Waals surface area contributed by atoms with Gasteiger partial charge in [-0.15, -0.1) is 0 Å². The van der Waals surface area contributed by atoms with Crippen LogP contribution in [0.4, 0.5) is 5.69 Å². The number of aromatic nitrogens is 2. The Balaban J connectivity index is 1.20. The van der Waals surface area contributed by atoms with Gasteiger partial charge in [0.15, 0.2) is 0 Å². The highest BCUT2D eigenvalue weighted by Gasteiger charge is 2.31. The lowest BCUT2D eigenvalue weighted by Crippen LogP contribution is -2.25. The van der Waals surface area contributed by atoms with Gasteiger partial charge in [0.2, 0.25) is 0 Å². The van der Waals surface area contributed by atoms with Crippen molar-refractivity contribution >= 4 is 22.4 Å². The fourth-order valence-corrected chi connectivity index (χ4v) is 6.70. The predicted octanol–water partition coefficient (Wildman–Crippen LogP) is 7.96. The third-order valence-corrected chi connectivity index (χ3v) is 8.52. The van der Waals surface area contributed by atoms with E-state index in [4.69, 9.17) is 9.84 Å². The highest BCUT2D eigenvalue weighted by molar-refractivity contribution is 6.25. The number of ether oxygens (including phenoxy) is 1. The monoisotopic (exact) mass is 521 g/mol. The summed E-state index contributed by atoms with van der Waals surface area (Å²) in [6.45, 7) is 7.60. The van der Waals surface area contributed by atoms with Crippen molar-refractivity contribution in [3.63, 3.8) is 0 Å². The SMILES string of the molecule is COc1ccc(CN2C(=O)c3cccc4c(Cc5cnn(C6CCC(CC(C)(C)C)CC6)c5)ccc2c34)cc1. The zero-order chi connectivity index (χ0) is 27.1. The number of benzene rings is 3. The van der Waals surface area contributed by atoms with E-state index in [9.17, 15) is 4.79 Å². The van der Waals surface area contributed by atoms with Gasteiger partial charge < -0.3 is 9.64 Å². The molecule has 2 heterocycles. The number of rotatable bonds is 7. The average molecular weight is 522 g/mol. The minimum Gasteiger partial charge on any atom is -0.497 e. The van der Waals surface area contributed by atoms with Gasteiger partial charge in [-0.2, -0.15) is 5.10 Å². The Labute approximate surface area is 231 Å². The molecule has 0 atom stereocenters. The second-order valence-electron chi connectivity index (χ2n) is 12.7. The molecule has 0 bridgehead atoms. The Kier molecular flexibility index (Phi) is 6.70. The Bertz CT molecular complexity index is 1490. The van der Waals surface area contributed by atoms with E-state index in [0.717, 1.165) is 45.7 Å². The Morgan fingerprint density at radius 3 is 2.44 bits per heavy atom. The van der Waals surface area contributed by atoms with Gasteiger partial charge >= 0.3 is 0 Å². The molecule has 1 fully saturated rings. The highest BCUT2D eigenvalue weighted by Crippen LogP contribution is 2.41. The van der Waals surface area contributed by atoms with Gasteiger partial charge in [-0.1, -0.05) is 51.1 Å². The summed E-state index contributed by atoms with van der Waals surface area (Å²) in [7, 11) is 1.66. The molecule has 4 aromatic rings. The lowest BCUT2D eigenvalue weighted by atomic mass is 9.76. The molecule has 0 N–H and O–H groups in total. The molecule has 0 saturated heterocycles. The van der Waals surface area contributed by atoms with Crippen molar-refractivity contribution < 1.29 is 9.53 Å². The van der Waals surface area contributed by atoms with Crippen LogP contribution < -0.4 is 9.64 Å². The van der Waals surface area contributed by atoms with Crippen molar-refractivity contribution in [2.24, 2.45) is 11.3 Å². The predicted molar refractivity (Wildman–Crippen MR) is 158 cm³/mol. The Hall–Kier alpha value is -3.60. The van der Waals surface area contributed by atoms with Gasteiger partial charge in [0.25, 0.3) is 5.91 Å². The van der Waals surface area contributed by atoms with Gasteiger partial charge in [-0.3, -0.25) is 9.48 Å². The zero-order valence-corrected chi connectivity index (χ0v) is 23.6. The summed E-state index contributed by atoms with van der Waals surface area (Å²) < 4.78 is 7.50. The number of methoxy groups -OCH3 is 1. The largest absolute Gasteiger partial charge is 0.497 e. The van der Waals surface area contributed by atoms with Crippen molar-refractivity contribution in [3.8, 4) is 5.75 Å². The molecule has 1 aliphatic carbocycles. The Morgan fingerprint density at radius 2 is 1.72 bits per heavy atom. The number of carbonyl (C=O) groups excluding carboxylic acids is 1. The first-order chi connectivity index (χ1) is 18.8. The van der Waals surface area contributed by atoms with Crippen molar-refractivity contribution in [3.05, 3.63) is 89.2 Å². The number of amides is 1. The molecule has 2 aliphatic rings. The summed E-state index contributed by atoms with van der Waals surface area (Å²) in [6.07, 6.45) is 11.4. The quantitative estimate of drug-likeness (QED) is 0.248. The molecule has 1 amide bonds. The Morgan fingerprint density at radius 1 is 0.949 bits per heavy atom. The highest BCUT2D eigenvalue weighted by atomic mass is 16.5. The second kappa shape index (κ2) is 10.2. The molecule has 39 heavy (non-hydrogen) atoms. The van der Waals surface area contributed by atoms with Crippen LogP contribution in [0.2, 0.25) is 0 Å². The summed E-state index contributed by atoms with van der Waals surface area (Å²) in [5.74, 6) is 1.73. The first-order valence-corrected chi connectivity index (χ1v) is 14.3. The molecule has 0 unspecified atom stereocenters. The molecule has 6 rings (SSSR count). The summed E-state index contributed by atoms with van der Waals surface area (Å²) in [6, 6.07) is 18.9. The van der Waals surface area contributed by atoms with E-state index in [1.807, 2.05) is 47.5 Å². The lowest BCUT2D eigenvalue weighted by molar-refractivity contribution is 0.0991. The molecule has 0 spiro atoms. The number of hydrogen-bond acceptors (Lipinski definition) is 3. The standard InChI is InChI=1S/C34H39N3O2/c1-34(2,3)19-23-8-13-27(14-9-23)37-22-25(20-35-37)18-26-12-17-31-32-29(26)6-5-7-30(32)33(38)36(31)21-24-10-15-28(39-4)16-11-24/h5-7,10-12,15-17,20,22-23,27H,8-9,13-14,18-19,21H2,1-4H3. The molecule has 1 aromatic heterocycles. The minimum absolute atomic E-state index is 0.0680. The van der Waals surface area contributed by atoms with Crippen molar-refractivity contribution in [1.82, 2.24) is 9.78 Å². The summed E-state index contributed by atoms with van der Waals surface area (Å²) >= 11 is 0. The maximum Gasteiger partial charge on any atom is 0.259 e. The first-order valence-electron chi connectivity index (χ1n) is 14.3. The van der Waals surface area contributed by atoms with Gasteiger partial charge in [0, 0.05) is 23.6 Å². The summed E-state index contributed by atoms with van der Waals surface area (Å²) in [5, 5.41) is 7.02. The van der Waals surface area contributed by atoms with Crippen LogP contribution in [0.15, 0.2) is 67.0 Å². The van der Waals surface area contributed by atoms with E-state index in [-0.39, 0.29) is 5.91 Å². The number of anilines is 1. The van der Waals surface area contributed by atoms with E-state index in [2.05, 4.69) is 49.8 Å². The van der Waals surface area contributed by atoms with E-state index in [0.29, 0.717) is 18.0 Å². The molecule has 3 aromatic carbocycles. The van der Waals surface area contributed by atoms with Gasteiger partial charge in [0.1, 0.15) is 5.75 Å². The molecule has 0 radical (unpaired) electrons. The van der Waals surface area contributed by atoms with Crippen LogP contribution in [0.25, 0.3) is 10.8 Å². The van der Waals surface area contributed by atoms with E-state index in [1.54, 1.807) is 7.11 Å². The fourth-order valence-electron chi connectivity index (χ4n) is 6.70. The topological polar surface area (TPSA) is 47.4 Å². The van der Waals surface area contributed by atoms with E-state index in [1.165, 1.54) is 43.2 Å². The molecule has 5 nitrogen and oxygen atoms in total. The van der Waals surface area contributed by atoms with Gasteiger partial charge in [-0.25, -0.2) is 0 Å². The minimum atomic E-state index is 0.0680. The second-order valence-corrected chi connectivity index (χ2v) is 12.7. The summed E-state index contributed by atoms with van der Waals surface area (Å²) in [5.41, 5.74) is 5.74. The van der Waals surface area contributed by atoms with Crippen LogP contribution in [0, 0.1) is 11.3 Å². The molecular formula is C34H39N3O2. The van der Waals surface area contributed by atoms with E-state index < -0.39 is 0 Å². The number of carbonyl (C=O) groups is 1. The van der Waals surface area contributed by atoms with Gasteiger partial charge in [0.05, 0.1) is 31.6 Å². The lowest BCUT2D eigenvalue weighted by Gasteiger charge is -2.32.